The van der Waals surface area contributed by atoms with Gasteiger partial charge in [0.2, 0.25) is 6.41 Å². The Morgan fingerprint density at radius 2 is 1.94 bits per heavy atom. The van der Waals surface area contributed by atoms with Gasteiger partial charge in [-0.1, -0.05) is 6.07 Å². The van der Waals surface area contributed by atoms with Crippen molar-refractivity contribution >= 4 is 35.2 Å². The third-order valence-electron chi connectivity index (χ3n) is 5.32. The third-order valence-corrected chi connectivity index (χ3v) is 5.32. The van der Waals surface area contributed by atoms with E-state index in [0.29, 0.717) is 29.3 Å². The highest BCUT2D eigenvalue weighted by molar-refractivity contribution is 5.91. The van der Waals surface area contributed by atoms with Gasteiger partial charge in [0.25, 0.3) is 5.88 Å². The third kappa shape index (κ3) is 4.78. The smallest absolute Gasteiger partial charge is 0.361 e. The van der Waals surface area contributed by atoms with E-state index in [0.717, 1.165) is 5.69 Å². The first kappa shape index (κ1) is 23.7. The van der Waals surface area contributed by atoms with Gasteiger partial charge < -0.3 is 20.1 Å². The number of aromatic nitrogens is 3. The van der Waals surface area contributed by atoms with Crippen molar-refractivity contribution in [2.24, 2.45) is 5.73 Å². The Balaban J connectivity index is 1.62. The number of benzene rings is 1. The quantitative estimate of drug-likeness (QED) is 0.222. The number of ether oxygens (including phenoxy) is 2. The molecule has 0 bridgehead atoms. The summed E-state index contributed by atoms with van der Waals surface area (Å²) in [5.74, 6) is 0.688. The van der Waals surface area contributed by atoms with E-state index in [-0.39, 0.29) is 18.2 Å². The molecule has 0 aliphatic carbocycles. The largest absolute Gasteiger partial charge is 0.461 e. The lowest BCUT2D eigenvalue weighted by atomic mass is 10.2. The minimum atomic E-state index is -0.519. The molecule has 0 spiro atoms. The molecule has 4 aromatic rings. The van der Waals surface area contributed by atoms with Gasteiger partial charge in [0, 0.05) is 25.1 Å². The van der Waals surface area contributed by atoms with Gasteiger partial charge in [-0.3, -0.25) is 14.1 Å². The number of anilines is 3. The maximum atomic E-state index is 12.6. The van der Waals surface area contributed by atoms with Crippen LogP contribution in [0, 0.1) is 0 Å². The maximum absolute atomic E-state index is 12.6. The molecule has 3 heterocycles. The molecule has 1 atom stereocenters. The number of hydrogen-bond acceptors (Lipinski definition) is 8. The number of imidazole rings is 1. The molecule has 4 rings (SSSR count). The van der Waals surface area contributed by atoms with E-state index in [9.17, 15) is 9.59 Å². The minimum absolute atomic E-state index is 0.154. The molecule has 1 aromatic carbocycles. The van der Waals surface area contributed by atoms with Crippen LogP contribution in [0.25, 0.3) is 5.65 Å². The number of pyridine rings is 2. The topological polar surface area (TPSA) is 115 Å². The highest BCUT2D eigenvalue weighted by Gasteiger charge is 2.23. The van der Waals surface area contributed by atoms with Gasteiger partial charge in [-0.05, 0) is 62.4 Å². The van der Waals surface area contributed by atoms with E-state index in [1.165, 1.54) is 4.90 Å². The number of carbonyl (C=O) groups excluding carboxylic acids is 2. The van der Waals surface area contributed by atoms with Crippen molar-refractivity contribution in [2.45, 2.75) is 20.0 Å². The lowest BCUT2D eigenvalue weighted by Gasteiger charge is -2.27. The summed E-state index contributed by atoms with van der Waals surface area (Å²) in [7, 11) is 1.84. The first-order valence-corrected chi connectivity index (χ1v) is 11.0. The van der Waals surface area contributed by atoms with Gasteiger partial charge in [-0.15, -0.1) is 0 Å². The highest BCUT2D eigenvalue weighted by Crippen LogP contribution is 2.33. The molecule has 35 heavy (non-hydrogen) atoms. The van der Waals surface area contributed by atoms with Crippen molar-refractivity contribution in [3.63, 3.8) is 0 Å². The summed E-state index contributed by atoms with van der Waals surface area (Å²) in [6.07, 6.45) is 3.55. The van der Waals surface area contributed by atoms with E-state index in [1.54, 1.807) is 67.0 Å². The molecule has 180 valence electrons. The van der Waals surface area contributed by atoms with Crippen molar-refractivity contribution < 1.29 is 19.1 Å². The van der Waals surface area contributed by atoms with Crippen LogP contribution in [0.1, 0.15) is 24.3 Å². The summed E-state index contributed by atoms with van der Waals surface area (Å²) in [5.41, 5.74) is 8.12. The van der Waals surface area contributed by atoms with Crippen LogP contribution >= 0.6 is 0 Å². The number of hydrogen-bond donors (Lipinski definition) is 1. The number of fused-ring (bicyclic) bond motifs is 1. The zero-order chi connectivity index (χ0) is 24.9. The standard InChI is InChI=1S/C25H26N6O4/c1-4-34-25(33)22-24(28-21-9-5-6-15-30(21)22)35-19-12-10-18(11-13-19)29(3)23-20(8-7-14-27-23)31(16-32)17(2)26/h5-17H,4,26H2,1-3H3. The van der Waals surface area contributed by atoms with Crippen LogP contribution in [0.3, 0.4) is 0 Å². The average Bonchev–Trinajstić information content (AvgIpc) is 3.22. The van der Waals surface area contributed by atoms with E-state index >= 15 is 0 Å². The predicted octanol–water partition coefficient (Wildman–Crippen LogP) is 3.73. The molecule has 0 saturated carbocycles. The number of amides is 1. The monoisotopic (exact) mass is 474 g/mol. The van der Waals surface area contributed by atoms with Crippen LogP contribution in [0.5, 0.6) is 11.6 Å². The Labute approximate surface area is 202 Å². The molecule has 0 saturated heterocycles. The van der Waals surface area contributed by atoms with Crippen LogP contribution in [0.15, 0.2) is 67.0 Å². The van der Waals surface area contributed by atoms with Crippen molar-refractivity contribution in [2.75, 3.05) is 23.5 Å². The predicted molar refractivity (Wildman–Crippen MR) is 132 cm³/mol. The summed E-state index contributed by atoms with van der Waals surface area (Å²) in [6, 6.07) is 16.1. The van der Waals surface area contributed by atoms with Gasteiger partial charge >= 0.3 is 5.97 Å². The molecule has 10 heteroatoms. The Kier molecular flexibility index (Phi) is 6.93. The van der Waals surface area contributed by atoms with Gasteiger partial charge in [0.15, 0.2) is 11.5 Å². The Bertz CT molecular complexity index is 1340. The fourth-order valence-corrected chi connectivity index (χ4v) is 3.62. The summed E-state index contributed by atoms with van der Waals surface area (Å²) in [4.78, 5) is 36.3. The molecule has 2 N–H and O–H groups in total. The van der Waals surface area contributed by atoms with Crippen molar-refractivity contribution in [1.29, 1.82) is 0 Å². The second kappa shape index (κ2) is 10.2. The maximum Gasteiger partial charge on any atom is 0.361 e. The van der Waals surface area contributed by atoms with E-state index < -0.39 is 12.1 Å². The van der Waals surface area contributed by atoms with E-state index in [2.05, 4.69) is 9.97 Å². The zero-order valence-electron chi connectivity index (χ0n) is 19.7. The van der Waals surface area contributed by atoms with Crippen LogP contribution in [-0.4, -0.2) is 46.6 Å². The summed E-state index contributed by atoms with van der Waals surface area (Å²) in [6.45, 7) is 3.70. The summed E-state index contributed by atoms with van der Waals surface area (Å²) >= 11 is 0. The second-order valence-electron chi connectivity index (χ2n) is 7.67. The molecule has 0 aliphatic rings. The number of rotatable bonds is 9. The first-order chi connectivity index (χ1) is 16.9. The van der Waals surface area contributed by atoms with Gasteiger partial charge in [0.05, 0.1) is 18.5 Å². The number of nitrogens with two attached hydrogens (primary N) is 1. The Morgan fingerprint density at radius 3 is 2.63 bits per heavy atom. The van der Waals surface area contributed by atoms with Gasteiger partial charge in [0.1, 0.15) is 11.4 Å². The molecular weight excluding hydrogens is 448 g/mol. The molecule has 1 unspecified atom stereocenters. The minimum Gasteiger partial charge on any atom is -0.461 e. The highest BCUT2D eigenvalue weighted by atomic mass is 16.5. The molecule has 1 amide bonds. The van der Waals surface area contributed by atoms with Crippen molar-refractivity contribution in [3.8, 4) is 11.6 Å². The molecule has 3 aromatic heterocycles. The molecule has 0 radical (unpaired) electrons. The van der Waals surface area contributed by atoms with Crippen molar-refractivity contribution in [3.05, 3.63) is 72.7 Å². The lowest BCUT2D eigenvalue weighted by molar-refractivity contribution is -0.107. The van der Waals surface area contributed by atoms with Crippen LogP contribution in [-0.2, 0) is 9.53 Å². The lowest BCUT2D eigenvalue weighted by Crippen LogP contribution is -2.39. The number of esters is 1. The second-order valence-corrected chi connectivity index (χ2v) is 7.67. The van der Waals surface area contributed by atoms with E-state index in [1.807, 2.05) is 30.1 Å². The SMILES string of the molecule is CCOC(=O)c1c(Oc2ccc(N(C)c3ncccc3N(C=O)C(C)N)cc2)nc2ccccn12. The Hall–Kier alpha value is -4.44. The molecule has 0 aliphatic heterocycles. The normalized spacial score (nSPS) is 11.7. The van der Waals surface area contributed by atoms with E-state index in [4.69, 9.17) is 15.2 Å². The van der Waals surface area contributed by atoms with Gasteiger partial charge in [-0.2, -0.15) is 4.98 Å². The Morgan fingerprint density at radius 1 is 1.17 bits per heavy atom. The zero-order valence-corrected chi connectivity index (χ0v) is 19.7. The van der Waals surface area contributed by atoms with Gasteiger partial charge in [-0.25, -0.2) is 9.78 Å². The fourth-order valence-electron chi connectivity index (χ4n) is 3.62. The van der Waals surface area contributed by atoms with Crippen LogP contribution in [0.2, 0.25) is 0 Å². The number of nitrogens with zero attached hydrogens (tertiary/aromatic N) is 5. The fraction of sp³-hybridized carbons (Fsp3) is 0.200. The molecule has 10 nitrogen and oxygen atoms in total. The van der Waals surface area contributed by atoms with Crippen molar-refractivity contribution in [1.82, 2.24) is 14.4 Å². The van der Waals surface area contributed by atoms with Crippen LogP contribution in [0.4, 0.5) is 17.2 Å². The summed E-state index contributed by atoms with van der Waals surface area (Å²) < 4.78 is 12.8. The summed E-state index contributed by atoms with van der Waals surface area (Å²) in [5, 5.41) is 0. The first-order valence-electron chi connectivity index (χ1n) is 11.0. The molecule has 0 fully saturated rings. The van der Waals surface area contributed by atoms with Crippen LogP contribution < -0.4 is 20.3 Å². The molecular formula is C25H26N6O4. The average molecular weight is 475 g/mol. The number of carbonyl (C=O) groups is 2.